The van der Waals surface area contributed by atoms with Crippen molar-refractivity contribution in [1.82, 2.24) is 19.7 Å². The Balaban J connectivity index is 1.97. The number of rotatable bonds is 3. The Morgan fingerprint density at radius 2 is 2.13 bits per heavy atom. The van der Waals surface area contributed by atoms with Crippen molar-refractivity contribution in [3.8, 4) is 0 Å². The lowest BCUT2D eigenvalue weighted by Gasteiger charge is -2.26. The first-order valence-electron chi connectivity index (χ1n) is 7.06. The third kappa shape index (κ3) is 3.00. The van der Waals surface area contributed by atoms with Crippen LogP contribution in [0.1, 0.15) is 24.0 Å². The summed E-state index contributed by atoms with van der Waals surface area (Å²) in [7, 11) is 3.40. The van der Waals surface area contributed by atoms with E-state index in [0.717, 1.165) is 6.07 Å². The maximum absolute atomic E-state index is 12.9. The lowest BCUT2D eigenvalue weighted by molar-refractivity contribution is -0.141. The molecule has 2 aromatic rings. The molecule has 3 heterocycles. The van der Waals surface area contributed by atoms with Gasteiger partial charge in [0.25, 0.3) is 0 Å². The van der Waals surface area contributed by atoms with Crippen LogP contribution in [0.3, 0.4) is 0 Å². The van der Waals surface area contributed by atoms with E-state index >= 15 is 0 Å². The number of anilines is 1. The minimum Gasteiger partial charge on any atom is -0.380 e. The molecule has 0 aromatic carbocycles. The minimum atomic E-state index is -4.48. The third-order valence-electron chi connectivity index (χ3n) is 4.01. The molecule has 0 amide bonds. The number of ether oxygens (including phenoxy) is 1. The summed E-state index contributed by atoms with van der Waals surface area (Å²) in [6.07, 6.45) is -1.18. The van der Waals surface area contributed by atoms with Gasteiger partial charge < -0.3 is 14.2 Å². The van der Waals surface area contributed by atoms with Crippen molar-refractivity contribution in [3.63, 3.8) is 0 Å². The van der Waals surface area contributed by atoms with Crippen LogP contribution in [0.25, 0.3) is 0 Å². The largest absolute Gasteiger partial charge is 0.433 e. The molecule has 0 saturated carbocycles. The fraction of sp³-hybridized carbons (Fsp3) is 0.500. The molecule has 6 nitrogen and oxygen atoms in total. The Hall–Kier alpha value is -2.16. The maximum Gasteiger partial charge on any atom is 0.433 e. The number of alkyl halides is 3. The number of methoxy groups -OCH3 is 1. The van der Waals surface area contributed by atoms with Gasteiger partial charge in [-0.25, -0.2) is 0 Å². The molecule has 0 N–H and O–H groups in total. The first kappa shape index (κ1) is 15.7. The van der Waals surface area contributed by atoms with Crippen LogP contribution in [-0.4, -0.2) is 39.5 Å². The van der Waals surface area contributed by atoms with Gasteiger partial charge in [0, 0.05) is 39.0 Å². The molecule has 1 aliphatic rings. The highest BCUT2D eigenvalue weighted by Gasteiger charge is 2.38. The SMILES string of the molecule is CO[C@@H]1C[C@@H](c2nncn2C)N(c2ccnc(C(F)(F)F)c2)C1. The third-order valence-corrected chi connectivity index (χ3v) is 4.01. The normalized spacial score (nSPS) is 21.9. The van der Waals surface area contributed by atoms with Crippen molar-refractivity contribution < 1.29 is 17.9 Å². The number of pyridine rings is 1. The molecule has 9 heteroatoms. The molecule has 1 fully saturated rings. The summed E-state index contributed by atoms with van der Waals surface area (Å²) < 4.78 is 45.9. The van der Waals surface area contributed by atoms with E-state index in [1.54, 1.807) is 31.1 Å². The van der Waals surface area contributed by atoms with E-state index in [2.05, 4.69) is 15.2 Å². The highest BCUT2D eigenvalue weighted by Crippen LogP contribution is 2.38. The summed E-state index contributed by atoms with van der Waals surface area (Å²) in [6.45, 7) is 0.481. The highest BCUT2D eigenvalue weighted by molar-refractivity contribution is 5.50. The number of aryl methyl sites for hydroxylation is 1. The first-order chi connectivity index (χ1) is 10.9. The molecule has 124 valence electrons. The standard InChI is InChI=1S/C14H16F3N5O/c1-21-8-19-20-13(21)11-6-10(23-2)7-22(11)9-3-4-18-12(5-9)14(15,16)17/h3-5,8,10-11H,6-7H2,1-2H3/t10-,11+/m1/s1. The second-order valence-corrected chi connectivity index (χ2v) is 5.46. The van der Waals surface area contributed by atoms with Crippen LogP contribution < -0.4 is 4.90 Å². The average Bonchev–Trinajstić information content (AvgIpc) is 3.12. The molecule has 3 rings (SSSR count). The monoisotopic (exact) mass is 327 g/mol. The summed E-state index contributed by atoms with van der Waals surface area (Å²) >= 11 is 0. The van der Waals surface area contributed by atoms with E-state index in [4.69, 9.17) is 4.74 Å². The number of halogens is 3. The van der Waals surface area contributed by atoms with Gasteiger partial charge in [-0.1, -0.05) is 0 Å². The Morgan fingerprint density at radius 1 is 1.35 bits per heavy atom. The van der Waals surface area contributed by atoms with Gasteiger partial charge in [-0.2, -0.15) is 13.2 Å². The van der Waals surface area contributed by atoms with E-state index in [1.165, 1.54) is 6.20 Å². The van der Waals surface area contributed by atoms with Gasteiger partial charge in [-0.05, 0) is 12.1 Å². The second kappa shape index (κ2) is 5.80. The van der Waals surface area contributed by atoms with Crippen molar-refractivity contribution in [3.05, 3.63) is 36.2 Å². The van der Waals surface area contributed by atoms with Gasteiger partial charge in [0.1, 0.15) is 12.0 Å². The molecule has 23 heavy (non-hydrogen) atoms. The predicted molar refractivity (Wildman–Crippen MR) is 75.7 cm³/mol. The minimum absolute atomic E-state index is 0.0841. The summed E-state index contributed by atoms with van der Waals surface area (Å²) in [5.74, 6) is 0.690. The van der Waals surface area contributed by atoms with E-state index in [-0.39, 0.29) is 12.1 Å². The number of hydrogen-bond acceptors (Lipinski definition) is 5. The zero-order valence-electron chi connectivity index (χ0n) is 12.7. The van der Waals surface area contributed by atoms with E-state index in [0.29, 0.717) is 24.5 Å². The van der Waals surface area contributed by atoms with Crippen LogP contribution in [0, 0.1) is 0 Å². The fourth-order valence-electron chi connectivity index (χ4n) is 2.85. The van der Waals surface area contributed by atoms with Crippen LogP contribution in [0.4, 0.5) is 18.9 Å². The molecule has 0 unspecified atom stereocenters. The van der Waals surface area contributed by atoms with Crippen LogP contribution in [0.15, 0.2) is 24.7 Å². The van der Waals surface area contributed by atoms with Crippen molar-refractivity contribution in [2.75, 3.05) is 18.6 Å². The number of hydrogen-bond donors (Lipinski definition) is 0. The molecule has 0 bridgehead atoms. The lowest BCUT2D eigenvalue weighted by atomic mass is 10.1. The fourth-order valence-corrected chi connectivity index (χ4v) is 2.85. The Morgan fingerprint density at radius 3 is 2.74 bits per heavy atom. The van der Waals surface area contributed by atoms with Gasteiger partial charge in [-0.15, -0.1) is 10.2 Å². The molecular weight excluding hydrogens is 311 g/mol. The van der Waals surface area contributed by atoms with E-state index in [1.807, 2.05) is 4.90 Å². The van der Waals surface area contributed by atoms with Gasteiger partial charge in [0.05, 0.1) is 12.1 Å². The molecular formula is C14H16F3N5O. The smallest absolute Gasteiger partial charge is 0.380 e. The zero-order chi connectivity index (χ0) is 16.6. The van der Waals surface area contributed by atoms with Gasteiger partial charge in [0.15, 0.2) is 5.82 Å². The summed E-state index contributed by atoms with van der Waals surface area (Å²) in [5.41, 5.74) is -0.465. The van der Waals surface area contributed by atoms with Crippen molar-refractivity contribution in [2.45, 2.75) is 24.7 Å². The quantitative estimate of drug-likeness (QED) is 0.865. The summed E-state index contributed by atoms with van der Waals surface area (Å²) in [5, 5.41) is 7.95. The Kier molecular flexibility index (Phi) is 3.97. The zero-order valence-corrected chi connectivity index (χ0v) is 12.7. The second-order valence-electron chi connectivity index (χ2n) is 5.46. The van der Waals surface area contributed by atoms with Crippen molar-refractivity contribution in [2.24, 2.45) is 7.05 Å². The predicted octanol–water partition coefficient (Wildman–Crippen LogP) is 2.20. The molecule has 1 saturated heterocycles. The van der Waals surface area contributed by atoms with Crippen molar-refractivity contribution >= 4 is 5.69 Å². The number of aromatic nitrogens is 4. The van der Waals surface area contributed by atoms with Crippen LogP contribution >= 0.6 is 0 Å². The Labute approximate surface area is 130 Å². The van der Waals surface area contributed by atoms with Gasteiger partial charge in [-0.3, -0.25) is 4.98 Å². The van der Waals surface area contributed by atoms with Gasteiger partial charge in [0.2, 0.25) is 0 Å². The van der Waals surface area contributed by atoms with Crippen LogP contribution in [0.5, 0.6) is 0 Å². The molecule has 2 aromatic heterocycles. The summed E-state index contributed by atoms with van der Waals surface area (Å²) in [6, 6.07) is 2.42. The molecule has 1 aliphatic heterocycles. The summed E-state index contributed by atoms with van der Waals surface area (Å²) in [4.78, 5) is 5.27. The van der Waals surface area contributed by atoms with Crippen LogP contribution in [0.2, 0.25) is 0 Å². The molecule has 0 spiro atoms. The van der Waals surface area contributed by atoms with Crippen molar-refractivity contribution in [1.29, 1.82) is 0 Å². The molecule has 0 radical (unpaired) electrons. The molecule has 0 aliphatic carbocycles. The van der Waals surface area contributed by atoms with Gasteiger partial charge >= 0.3 is 6.18 Å². The van der Waals surface area contributed by atoms with E-state index in [9.17, 15) is 13.2 Å². The topological polar surface area (TPSA) is 56.1 Å². The maximum atomic E-state index is 12.9. The average molecular weight is 327 g/mol. The van der Waals surface area contributed by atoms with Crippen LogP contribution in [-0.2, 0) is 18.0 Å². The lowest BCUT2D eigenvalue weighted by Crippen LogP contribution is -2.26. The molecule has 2 atom stereocenters. The van der Waals surface area contributed by atoms with E-state index < -0.39 is 11.9 Å². The first-order valence-corrected chi connectivity index (χ1v) is 7.06. The Bertz CT molecular complexity index is 687. The number of nitrogens with zero attached hydrogens (tertiary/aromatic N) is 5. The highest BCUT2D eigenvalue weighted by atomic mass is 19.4.